The molecule has 0 radical (unpaired) electrons. The first kappa shape index (κ1) is 15.0. The number of hydrogen-bond donors (Lipinski definition) is 2. The Kier molecular flexibility index (Phi) is 6.76. The van der Waals surface area contributed by atoms with Gasteiger partial charge in [0.1, 0.15) is 5.75 Å². The second kappa shape index (κ2) is 8.11. The van der Waals surface area contributed by atoms with Crippen LogP contribution in [0.4, 0.5) is 0 Å². The molecule has 2 N–H and O–H groups in total. The van der Waals surface area contributed by atoms with Crippen molar-refractivity contribution in [2.24, 2.45) is 0 Å². The summed E-state index contributed by atoms with van der Waals surface area (Å²) in [6.07, 6.45) is 3.28. The zero-order valence-corrected chi connectivity index (χ0v) is 11.6. The van der Waals surface area contributed by atoms with E-state index in [1.807, 2.05) is 12.1 Å². The molecule has 1 aromatic rings. The molecule has 0 fully saturated rings. The Hall–Kier alpha value is -1.06. The number of rotatable bonds is 8. The van der Waals surface area contributed by atoms with Crippen LogP contribution in [0.25, 0.3) is 0 Å². The minimum absolute atomic E-state index is 0.315. The van der Waals surface area contributed by atoms with E-state index in [0.29, 0.717) is 17.8 Å². The number of ether oxygens (including phenoxy) is 1. The fourth-order valence-corrected chi connectivity index (χ4v) is 2.21. The summed E-state index contributed by atoms with van der Waals surface area (Å²) in [6.45, 7) is 5.09. The van der Waals surface area contributed by atoms with Crippen LogP contribution in [0.15, 0.2) is 24.3 Å². The van der Waals surface area contributed by atoms with Crippen LogP contribution in [-0.4, -0.2) is 24.9 Å². The third-order valence-electron chi connectivity index (χ3n) is 3.15. The van der Waals surface area contributed by atoms with Gasteiger partial charge in [-0.2, -0.15) is 0 Å². The van der Waals surface area contributed by atoms with Crippen LogP contribution in [0.1, 0.15) is 44.7 Å². The van der Waals surface area contributed by atoms with E-state index in [2.05, 4.69) is 19.2 Å². The fourth-order valence-electron chi connectivity index (χ4n) is 2.21. The van der Waals surface area contributed by atoms with Crippen LogP contribution >= 0.6 is 0 Å². The maximum Gasteiger partial charge on any atom is 0.115 e. The van der Waals surface area contributed by atoms with E-state index in [0.717, 1.165) is 25.9 Å². The maximum absolute atomic E-state index is 9.32. The van der Waals surface area contributed by atoms with Gasteiger partial charge in [-0.15, -0.1) is 0 Å². The summed E-state index contributed by atoms with van der Waals surface area (Å²) in [6, 6.07) is 8.14. The predicted molar refractivity (Wildman–Crippen MR) is 74.8 cm³/mol. The average Bonchev–Trinajstić information content (AvgIpc) is 2.37. The average molecular weight is 251 g/mol. The van der Waals surface area contributed by atoms with E-state index in [1.165, 1.54) is 5.56 Å². The normalized spacial score (nSPS) is 14.4. The van der Waals surface area contributed by atoms with Crippen molar-refractivity contribution in [2.75, 3.05) is 13.7 Å². The van der Waals surface area contributed by atoms with E-state index >= 15 is 0 Å². The van der Waals surface area contributed by atoms with Crippen LogP contribution in [0.3, 0.4) is 0 Å². The third-order valence-corrected chi connectivity index (χ3v) is 3.15. The van der Waals surface area contributed by atoms with Crippen LogP contribution in [0, 0.1) is 0 Å². The Bertz CT molecular complexity index is 318. The van der Waals surface area contributed by atoms with Crippen molar-refractivity contribution in [1.29, 1.82) is 0 Å². The number of phenols is 1. The molecule has 0 bridgehead atoms. The highest BCUT2D eigenvalue weighted by Crippen LogP contribution is 2.20. The molecule has 3 heteroatoms. The van der Waals surface area contributed by atoms with Crippen molar-refractivity contribution in [3.63, 3.8) is 0 Å². The molecule has 18 heavy (non-hydrogen) atoms. The third kappa shape index (κ3) is 4.67. The summed E-state index contributed by atoms with van der Waals surface area (Å²) in [5.74, 6) is 0.315. The van der Waals surface area contributed by atoms with Crippen LogP contribution < -0.4 is 5.32 Å². The van der Waals surface area contributed by atoms with Gasteiger partial charge >= 0.3 is 0 Å². The molecule has 3 nitrogen and oxygen atoms in total. The molecule has 0 aromatic heterocycles. The van der Waals surface area contributed by atoms with Crippen molar-refractivity contribution >= 4 is 0 Å². The summed E-state index contributed by atoms with van der Waals surface area (Å²) in [7, 11) is 1.74. The van der Waals surface area contributed by atoms with Gasteiger partial charge in [-0.1, -0.05) is 32.4 Å². The molecule has 1 rings (SSSR count). The summed E-state index contributed by atoms with van der Waals surface area (Å²) < 4.78 is 5.25. The van der Waals surface area contributed by atoms with E-state index in [9.17, 15) is 5.11 Å². The van der Waals surface area contributed by atoms with Gasteiger partial charge < -0.3 is 15.2 Å². The Labute approximate surface area is 110 Å². The number of aromatic hydroxyl groups is 1. The van der Waals surface area contributed by atoms with Crippen molar-refractivity contribution in [1.82, 2.24) is 5.32 Å². The van der Waals surface area contributed by atoms with Gasteiger partial charge in [0.15, 0.2) is 0 Å². The molecule has 2 unspecified atom stereocenters. The first-order valence-electron chi connectivity index (χ1n) is 6.75. The second-order valence-corrected chi connectivity index (χ2v) is 4.66. The Balaban J connectivity index is 2.67. The molecule has 0 spiro atoms. The highest BCUT2D eigenvalue weighted by molar-refractivity contribution is 5.28. The molecule has 0 amide bonds. The van der Waals surface area contributed by atoms with E-state index < -0.39 is 0 Å². The second-order valence-electron chi connectivity index (χ2n) is 4.66. The summed E-state index contributed by atoms with van der Waals surface area (Å²) in [5.41, 5.74) is 1.22. The number of benzene rings is 1. The summed E-state index contributed by atoms with van der Waals surface area (Å²) in [4.78, 5) is 0. The van der Waals surface area contributed by atoms with Gasteiger partial charge in [0.2, 0.25) is 0 Å². The first-order chi connectivity index (χ1) is 8.71. The zero-order valence-electron chi connectivity index (χ0n) is 11.6. The van der Waals surface area contributed by atoms with Crippen molar-refractivity contribution in [3.8, 4) is 5.75 Å². The topological polar surface area (TPSA) is 41.5 Å². The van der Waals surface area contributed by atoms with Crippen molar-refractivity contribution in [2.45, 2.75) is 45.2 Å². The number of hydrogen-bond acceptors (Lipinski definition) is 3. The molecule has 0 aliphatic rings. The molecular formula is C15H25NO2. The highest BCUT2D eigenvalue weighted by Gasteiger charge is 2.14. The Morgan fingerprint density at radius 3 is 2.39 bits per heavy atom. The van der Waals surface area contributed by atoms with Gasteiger partial charge in [0.05, 0.1) is 6.61 Å². The van der Waals surface area contributed by atoms with Crippen LogP contribution in [0.2, 0.25) is 0 Å². The Morgan fingerprint density at radius 1 is 1.22 bits per heavy atom. The van der Waals surface area contributed by atoms with Crippen LogP contribution in [0.5, 0.6) is 5.75 Å². The molecular weight excluding hydrogens is 226 g/mol. The molecule has 0 saturated heterocycles. The lowest BCUT2D eigenvalue weighted by molar-refractivity contribution is 0.155. The minimum Gasteiger partial charge on any atom is -0.508 e. The molecule has 0 aliphatic heterocycles. The predicted octanol–water partition coefficient (Wildman–Crippen LogP) is 3.25. The van der Waals surface area contributed by atoms with E-state index in [-0.39, 0.29) is 0 Å². The number of nitrogens with one attached hydrogen (secondary N) is 1. The number of methoxy groups -OCH3 is 1. The lowest BCUT2D eigenvalue weighted by atomic mass is 10.0. The Morgan fingerprint density at radius 2 is 1.89 bits per heavy atom. The summed E-state index contributed by atoms with van der Waals surface area (Å²) in [5, 5.41) is 13.0. The molecule has 0 heterocycles. The lowest BCUT2D eigenvalue weighted by Crippen LogP contribution is -2.36. The lowest BCUT2D eigenvalue weighted by Gasteiger charge is -2.25. The SMILES string of the molecule is CCCC(COC)NC(CC)c1ccc(O)cc1. The van der Waals surface area contributed by atoms with Crippen LogP contribution in [-0.2, 0) is 4.74 Å². The quantitative estimate of drug-likeness (QED) is 0.745. The zero-order chi connectivity index (χ0) is 13.4. The van der Waals surface area contributed by atoms with Gasteiger partial charge in [0.25, 0.3) is 0 Å². The monoisotopic (exact) mass is 251 g/mol. The largest absolute Gasteiger partial charge is 0.508 e. The molecule has 2 atom stereocenters. The molecule has 1 aromatic carbocycles. The highest BCUT2D eigenvalue weighted by atomic mass is 16.5. The molecule has 0 aliphatic carbocycles. The smallest absolute Gasteiger partial charge is 0.115 e. The molecule has 0 saturated carbocycles. The maximum atomic E-state index is 9.32. The van der Waals surface area contributed by atoms with Gasteiger partial charge in [-0.05, 0) is 30.5 Å². The van der Waals surface area contributed by atoms with Gasteiger partial charge in [-0.25, -0.2) is 0 Å². The van der Waals surface area contributed by atoms with Gasteiger partial charge in [0, 0.05) is 19.2 Å². The first-order valence-corrected chi connectivity index (χ1v) is 6.75. The fraction of sp³-hybridized carbons (Fsp3) is 0.600. The summed E-state index contributed by atoms with van der Waals surface area (Å²) >= 11 is 0. The van der Waals surface area contributed by atoms with E-state index in [4.69, 9.17) is 4.74 Å². The van der Waals surface area contributed by atoms with Gasteiger partial charge in [-0.3, -0.25) is 0 Å². The molecule has 102 valence electrons. The van der Waals surface area contributed by atoms with E-state index in [1.54, 1.807) is 19.2 Å². The minimum atomic E-state index is 0.315. The standard InChI is InChI=1S/C15H25NO2/c1-4-6-13(11-18-3)16-15(5-2)12-7-9-14(17)10-8-12/h7-10,13,15-17H,4-6,11H2,1-3H3. The number of phenolic OH excluding ortho intramolecular Hbond substituents is 1. The van der Waals surface area contributed by atoms with Crippen molar-refractivity contribution < 1.29 is 9.84 Å². The van der Waals surface area contributed by atoms with Crippen molar-refractivity contribution in [3.05, 3.63) is 29.8 Å².